The van der Waals surface area contributed by atoms with Crippen molar-refractivity contribution in [2.75, 3.05) is 18.9 Å². The lowest BCUT2D eigenvalue weighted by Gasteiger charge is -2.38. The third-order valence-corrected chi connectivity index (χ3v) is 3.68. The van der Waals surface area contributed by atoms with Gasteiger partial charge in [-0.3, -0.25) is 14.9 Å². The standard InChI is InChI=1S/C14H19N3O4/c1-3-10-8-21-9(2)7-16(10)14(18)11-5-4-6-12(15)13(11)17(19)20/h4-6,9-10H,3,7-8,15H2,1-2H3. The molecular formula is C14H19N3O4. The number of para-hydroxylation sites is 1. The molecule has 1 fully saturated rings. The van der Waals surface area contributed by atoms with Gasteiger partial charge < -0.3 is 15.4 Å². The summed E-state index contributed by atoms with van der Waals surface area (Å²) < 4.78 is 5.55. The number of nitro benzene ring substituents is 1. The van der Waals surface area contributed by atoms with Crippen molar-refractivity contribution in [2.24, 2.45) is 0 Å². The zero-order valence-electron chi connectivity index (χ0n) is 12.1. The molecule has 1 aliphatic rings. The molecule has 2 atom stereocenters. The SMILES string of the molecule is CCC1COC(C)CN1C(=O)c1cccc(N)c1[N+](=O)[O-]. The Morgan fingerprint density at radius 3 is 2.90 bits per heavy atom. The van der Waals surface area contributed by atoms with Gasteiger partial charge in [-0.25, -0.2) is 0 Å². The van der Waals surface area contributed by atoms with Crippen LogP contribution in [0.15, 0.2) is 18.2 Å². The number of nitrogens with two attached hydrogens (primary N) is 1. The molecule has 0 radical (unpaired) electrons. The van der Waals surface area contributed by atoms with Gasteiger partial charge in [0.15, 0.2) is 0 Å². The molecule has 2 N–H and O–H groups in total. The van der Waals surface area contributed by atoms with Crippen LogP contribution in [0.2, 0.25) is 0 Å². The largest absolute Gasteiger partial charge is 0.393 e. The van der Waals surface area contributed by atoms with Crippen LogP contribution in [0.25, 0.3) is 0 Å². The molecule has 1 saturated heterocycles. The van der Waals surface area contributed by atoms with E-state index >= 15 is 0 Å². The highest BCUT2D eigenvalue weighted by Crippen LogP contribution is 2.28. The highest BCUT2D eigenvalue weighted by molar-refractivity contribution is 6.00. The molecule has 1 amide bonds. The Morgan fingerprint density at radius 1 is 1.57 bits per heavy atom. The molecule has 7 nitrogen and oxygen atoms in total. The van der Waals surface area contributed by atoms with Gasteiger partial charge in [0, 0.05) is 6.54 Å². The Morgan fingerprint density at radius 2 is 2.29 bits per heavy atom. The van der Waals surface area contributed by atoms with Gasteiger partial charge in [0.05, 0.1) is 23.7 Å². The van der Waals surface area contributed by atoms with Gasteiger partial charge in [0.2, 0.25) is 0 Å². The van der Waals surface area contributed by atoms with Crippen LogP contribution >= 0.6 is 0 Å². The third kappa shape index (κ3) is 2.97. The summed E-state index contributed by atoms with van der Waals surface area (Å²) in [4.78, 5) is 24.9. The van der Waals surface area contributed by atoms with Crippen LogP contribution in [-0.2, 0) is 4.74 Å². The number of rotatable bonds is 3. The van der Waals surface area contributed by atoms with E-state index in [1.165, 1.54) is 12.1 Å². The van der Waals surface area contributed by atoms with Gasteiger partial charge in [0.25, 0.3) is 5.91 Å². The number of hydrogen-bond acceptors (Lipinski definition) is 5. The number of nitrogen functional groups attached to an aromatic ring is 1. The fourth-order valence-corrected chi connectivity index (χ4v) is 2.52. The summed E-state index contributed by atoms with van der Waals surface area (Å²) in [6, 6.07) is 4.35. The Balaban J connectivity index is 2.39. The van der Waals surface area contributed by atoms with E-state index in [9.17, 15) is 14.9 Å². The Labute approximate surface area is 122 Å². The lowest BCUT2D eigenvalue weighted by atomic mass is 10.1. The Kier molecular flexibility index (Phi) is 4.42. The van der Waals surface area contributed by atoms with Crippen molar-refractivity contribution < 1.29 is 14.5 Å². The van der Waals surface area contributed by atoms with Crippen molar-refractivity contribution in [2.45, 2.75) is 32.4 Å². The smallest absolute Gasteiger partial charge is 0.304 e. The topological polar surface area (TPSA) is 98.7 Å². The molecule has 0 aromatic heterocycles. The molecule has 21 heavy (non-hydrogen) atoms. The minimum atomic E-state index is -0.604. The van der Waals surface area contributed by atoms with Crippen LogP contribution in [0.4, 0.5) is 11.4 Å². The fraction of sp³-hybridized carbons (Fsp3) is 0.500. The quantitative estimate of drug-likeness (QED) is 0.520. The summed E-state index contributed by atoms with van der Waals surface area (Å²) in [6.07, 6.45) is 0.644. The highest BCUT2D eigenvalue weighted by Gasteiger charge is 2.33. The number of anilines is 1. The number of hydrogen-bond donors (Lipinski definition) is 1. The maximum absolute atomic E-state index is 12.7. The number of carbonyl (C=O) groups excluding carboxylic acids is 1. The minimum Gasteiger partial charge on any atom is -0.393 e. The van der Waals surface area contributed by atoms with Gasteiger partial charge >= 0.3 is 5.69 Å². The van der Waals surface area contributed by atoms with Crippen LogP contribution < -0.4 is 5.73 Å². The van der Waals surface area contributed by atoms with Gasteiger partial charge in [0.1, 0.15) is 11.3 Å². The fourth-order valence-electron chi connectivity index (χ4n) is 2.52. The predicted octanol–water partition coefficient (Wildman–Crippen LogP) is 1.82. The van der Waals surface area contributed by atoms with Crippen molar-refractivity contribution >= 4 is 17.3 Å². The third-order valence-electron chi connectivity index (χ3n) is 3.68. The van der Waals surface area contributed by atoms with Crippen LogP contribution in [-0.4, -0.2) is 41.0 Å². The van der Waals surface area contributed by atoms with E-state index < -0.39 is 4.92 Å². The first-order valence-electron chi connectivity index (χ1n) is 6.91. The average molecular weight is 293 g/mol. The lowest BCUT2D eigenvalue weighted by Crippen LogP contribution is -2.51. The predicted molar refractivity (Wildman–Crippen MR) is 78.0 cm³/mol. The zero-order valence-corrected chi connectivity index (χ0v) is 12.1. The normalized spacial score (nSPS) is 22.1. The highest BCUT2D eigenvalue weighted by atomic mass is 16.6. The van der Waals surface area contributed by atoms with Crippen LogP contribution in [0.5, 0.6) is 0 Å². The number of amides is 1. The van der Waals surface area contributed by atoms with Crippen molar-refractivity contribution in [3.63, 3.8) is 0 Å². The molecule has 1 aromatic rings. The van der Waals surface area contributed by atoms with Crippen LogP contribution in [0.3, 0.4) is 0 Å². The number of benzene rings is 1. The Hall–Kier alpha value is -2.15. The van der Waals surface area contributed by atoms with E-state index in [0.717, 1.165) is 6.42 Å². The number of nitro groups is 1. The van der Waals surface area contributed by atoms with E-state index in [4.69, 9.17) is 10.5 Å². The van der Waals surface area contributed by atoms with E-state index in [1.54, 1.807) is 11.0 Å². The first-order chi connectivity index (χ1) is 9.95. The average Bonchev–Trinajstić information content (AvgIpc) is 2.45. The molecule has 0 bridgehead atoms. The van der Waals surface area contributed by atoms with Gasteiger partial charge in [-0.1, -0.05) is 13.0 Å². The van der Waals surface area contributed by atoms with Gasteiger partial charge in [-0.05, 0) is 25.5 Å². The second-order valence-corrected chi connectivity index (χ2v) is 5.16. The van der Waals surface area contributed by atoms with Crippen LogP contribution in [0.1, 0.15) is 30.6 Å². The molecule has 114 valence electrons. The molecule has 7 heteroatoms. The second-order valence-electron chi connectivity index (χ2n) is 5.16. The number of ether oxygens (including phenoxy) is 1. The summed E-state index contributed by atoms with van der Waals surface area (Å²) in [6.45, 7) is 4.70. The summed E-state index contributed by atoms with van der Waals surface area (Å²) >= 11 is 0. The second kappa shape index (κ2) is 6.09. The number of nitrogens with zero attached hydrogens (tertiary/aromatic N) is 2. The summed E-state index contributed by atoms with van der Waals surface area (Å²) in [5.74, 6) is -0.365. The maximum atomic E-state index is 12.7. The Bertz CT molecular complexity index is 561. The summed E-state index contributed by atoms with van der Waals surface area (Å²) in [7, 11) is 0. The van der Waals surface area contributed by atoms with E-state index in [-0.39, 0.29) is 35.0 Å². The molecule has 0 spiro atoms. The van der Waals surface area contributed by atoms with E-state index in [2.05, 4.69) is 0 Å². The first kappa shape index (κ1) is 15.2. The molecule has 0 saturated carbocycles. The molecular weight excluding hydrogens is 274 g/mol. The van der Waals surface area contributed by atoms with Gasteiger partial charge in [-0.2, -0.15) is 0 Å². The van der Waals surface area contributed by atoms with E-state index in [0.29, 0.717) is 13.2 Å². The zero-order chi connectivity index (χ0) is 15.6. The van der Waals surface area contributed by atoms with Crippen LogP contribution in [0, 0.1) is 10.1 Å². The number of carbonyl (C=O) groups is 1. The molecule has 1 heterocycles. The molecule has 2 rings (SSSR count). The molecule has 1 aromatic carbocycles. The van der Waals surface area contributed by atoms with Crippen molar-refractivity contribution in [1.29, 1.82) is 0 Å². The van der Waals surface area contributed by atoms with E-state index in [1.807, 2.05) is 13.8 Å². The van der Waals surface area contributed by atoms with Crippen molar-refractivity contribution in [3.05, 3.63) is 33.9 Å². The van der Waals surface area contributed by atoms with Crippen molar-refractivity contribution in [3.8, 4) is 0 Å². The molecule has 0 aliphatic carbocycles. The summed E-state index contributed by atoms with van der Waals surface area (Å²) in [5, 5.41) is 11.2. The van der Waals surface area contributed by atoms with Crippen molar-refractivity contribution in [1.82, 2.24) is 4.90 Å². The number of morpholine rings is 1. The van der Waals surface area contributed by atoms with Gasteiger partial charge in [-0.15, -0.1) is 0 Å². The summed E-state index contributed by atoms with van der Waals surface area (Å²) in [5.41, 5.74) is 5.36. The first-order valence-corrected chi connectivity index (χ1v) is 6.91. The maximum Gasteiger partial charge on any atom is 0.304 e. The molecule has 2 unspecified atom stereocenters. The lowest BCUT2D eigenvalue weighted by molar-refractivity contribution is -0.384. The minimum absolute atomic E-state index is 0.000191. The molecule has 1 aliphatic heterocycles. The monoisotopic (exact) mass is 293 g/mol.